The van der Waals surface area contributed by atoms with Crippen LogP contribution in [0, 0.1) is 17.1 Å². The van der Waals surface area contributed by atoms with Crippen molar-refractivity contribution in [2.75, 3.05) is 0 Å². The van der Waals surface area contributed by atoms with Gasteiger partial charge < -0.3 is 9.97 Å². The second-order valence-electron chi connectivity index (χ2n) is 6.30. The number of fused-ring (bicyclic) bond motifs is 1. The first-order valence-corrected chi connectivity index (χ1v) is 9.20. The number of allylic oxidation sites excluding steroid dienone is 2. The number of H-pyrrole nitrogens is 2. The summed E-state index contributed by atoms with van der Waals surface area (Å²) in [6, 6.07) is 10.5. The molecule has 29 heavy (non-hydrogen) atoms. The van der Waals surface area contributed by atoms with E-state index in [4.69, 9.17) is 11.6 Å². The molecule has 0 saturated carbocycles. The summed E-state index contributed by atoms with van der Waals surface area (Å²) in [6.07, 6.45) is 8.64. The lowest BCUT2D eigenvalue weighted by atomic mass is 10.0. The SMILES string of the molecule is C/C=C\C(C#N)=Nc1c[nH]c(-c2cnc3[nH]ccc3c2)c1-c1ccc(F)c(Cl)c1. The summed E-state index contributed by atoms with van der Waals surface area (Å²) in [6.45, 7) is 1.81. The van der Waals surface area contributed by atoms with E-state index >= 15 is 0 Å². The molecular weight excluding hydrogens is 389 g/mol. The third kappa shape index (κ3) is 3.56. The fourth-order valence-electron chi connectivity index (χ4n) is 3.14. The van der Waals surface area contributed by atoms with Crippen LogP contribution in [0.1, 0.15) is 6.92 Å². The third-order valence-corrected chi connectivity index (χ3v) is 4.73. The molecule has 0 saturated heterocycles. The van der Waals surface area contributed by atoms with Crippen molar-refractivity contribution in [2.24, 2.45) is 4.99 Å². The van der Waals surface area contributed by atoms with Gasteiger partial charge in [-0.05, 0) is 42.8 Å². The maximum Gasteiger partial charge on any atom is 0.141 e. The fourth-order valence-corrected chi connectivity index (χ4v) is 3.32. The van der Waals surface area contributed by atoms with Crippen LogP contribution in [0.3, 0.4) is 0 Å². The Kier molecular flexibility index (Phi) is 4.98. The Morgan fingerprint density at radius 3 is 2.86 bits per heavy atom. The minimum Gasteiger partial charge on any atom is -0.359 e. The molecule has 5 nitrogen and oxygen atoms in total. The minimum atomic E-state index is -0.500. The molecule has 7 heteroatoms. The molecule has 0 fully saturated rings. The van der Waals surface area contributed by atoms with E-state index in [1.165, 1.54) is 6.07 Å². The van der Waals surface area contributed by atoms with Gasteiger partial charge in [0.2, 0.25) is 0 Å². The van der Waals surface area contributed by atoms with Gasteiger partial charge in [-0.15, -0.1) is 0 Å². The summed E-state index contributed by atoms with van der Waals surface area (Å²) in [7, 11) is 0. The van der Waals surface area contributed by atoms with Crippen LogP contribution in [-0.2, 0) is 0 Å². The Labute approximate surface area is 171 Å². The van der Waals surface area contributed by atoms with Gasteiger partial charge in [-0.25, -0.2) is 14.4 Å². The second-order valence-corrected chi connectivity index (χ2v) is 6.71. The smallest absolute Gasteiger partial charge is 0.141 e. The van der Waals surface area contributed by atoms with E-state index in [9.17, 15) is 9.65 Å². The number of aliphatic imine (C=N–C) groups is 1. The van der Waals surface area contributed by atoms with E-state index in [0.29, 0.717) is 16.8 Å². The summed E-state index contributed by atoms with van der Waals surface area (Å²) in [5.74, 6) is -0.500. The lowest BCUT2D eigenvalue weighted by Gasteiger charge is -2.08. The summed E-state index contributed by atoms with van der Waals surface area (Å²) in [5, 5.41) is 10.3. The van der Waals surface area contributed by atoms with E-state index in [1.54, 1.807) is 36.7 Å². The number of nitriles is 1. The topological polar surface area (TPSA) is 80.6 Å². The first-order chi connectivity index (χ1) is 14.1. The molecule has 0 aliphatic heterocycles. The average molecular weight is 404 g/mol. The third-order valence-electron chi connectivity index (χ3n) is 4.44. The van der Waals surface area contributed by atoms with Crippen LogP contribution in [0.5, 0.6) is 0 Å². The lowest BCUT2D eigenvalue weighted by Crippen LogP contribution is -1.89. The van der Waals surface area contributed by atoms with Crippen molar-refractivity contribution in [1.29, 1.82) is 5.26 Å². The second kappa shape index (κ2) is 7.74. The van der Waals surface area contributed by atoms with Gasteiger partial charge >= 0.3 is 0 Å². The molecule has 0 bridgehead atoms. The summed E-state index contributed by atoms with van der Waals surface area (Å²) in [5.41, 5.74) is 4.56. The molecule has 0 radical (unpaired) electrons. The molecular formula is C22H15ClFN5. The first-order valence-electron chi connectivity index (χ1n) is 8.82. The molecule has 0 aliphatic rings. The van der Waals surface area contributed by atoms with Crippen molar-refractivity contribution in [1.82, 2.24) is 15.0 Å². The summed E-state index contributed by atoms with van der Waals surface area (Å²) in [4.78, 5) is 15.2. The van der Waals surface area contributed by atoms with Crippen molar-refractivity contribution in [3.63, 3.8) is 0 Å². The van der Waals surface area contributed by atoms with Gasteiger partial charge in [0.15, 0.2) is 0 Å². The van der Waals surface area contributed by atoms with Gasteiger partial charge in [-0.3, -0.25) is 0 Å². The van der Waals surface area contributed by atoms with Gasteiger partial charge in [0, 0.05) is 35.1 Å². The highest BCUT2D eigenvalue weighted by Crippen LogP contribution is 2.40. The van der Waals surface area contributed by atoms with E-state index in [-0.39, 0.29) is 10.7 Å². The summed E-state index contributed by atoms with van der Waals surface area (Å²) >= 11 is 6.03. The van der Waals surface area contributed by atoms with Crippen molar-refractivity contribution < 1.29 is 4.39 Å². The molecule has 1 aromatic carbocycles. The number of nitrogens with zero attached hydrogens (tertiary/aromatic N) is 3. The van der Waals surface area contributed by atoms with Crippen LogP contribution in [0.4, 0.5) is 10.1 Å². The Hall–Kier alpha value is -3.69. The van der Waals surface area contributed by atoms with Crippen molar-refractivity contribution >= 4 is 34.0 Å². The first kappa shape index (κ1) is 18.7. The molecule has 142 valence electrons. The van der Waals surface area contributed by atoms with Crippen LogP contribution in [-0.4, -0.2) is 20.7 Å². The van der Waals surface area contributed by atoms with Crippen LogP contribution in [0.25, 0.3) is 33.4 Å². The number of nitrogens with one attached hydrogen (secondary N) is 2. The number of halogens is 2. The molecule has 0 unspecified atom stereocenters. The number of rotatable bonds is 4. The highest BCUT2D eigenvalue weighted by molar-refractivity contribution is 6.31. The molecule has 4 rings (SSSR count). The van der Waals surface area contributed by atoms with Gasteiger partial charge in [-0.2, -0.15) is 5.26 Å². The van der Waals surface area contributed by atoms with E-state index in [0.717, 1.165) is 22.3 Å². The minimum absolute atomic E-state index is 0.0118. The van der Waals surface area contributed by atoms with E-state index < -0.39 is 5.82 Å². The lowest BCUT2D eigenvalue weighted by molar-refractivity contribution is 0.628. The predicted octanol–water partition coefficient (Wildman–Crippen LogP) is 6.19. The number of hydrogen-bond donors (Lipinski definition) is 2. The number of pyridine rings is 1. The zero-order chi connectivity index (χ0) is 20.4. The molecule has 0 atom stereocenters. The monoisotopic (exact) mass is 403 g/mol. The molecule has 0 aliphatic carbocycles. The zero-order valence-electron chi connectivity index (χ0n) is 15.4. The van der Waals surface area contributed by atoms with Crippen LogP contribution in [0.2, 0.25) is 5.02 Å². The predicted molar refractivity (Wildman–Crippen MR) is 114 cm³/mol. The zero-order valence-corrected chi connectivity index (χ0v) is 16.1. The van der Waals surface area contributed by atoms with Crippen LogP contribution < -0.4 is 0 Å². The van der Waals surface area contributed by atoms with Crippen molar-refractivity contribution in [2.45, 2.75) is 6.92 Å². The van der Waals surface area contributed by atoms with Gasteiger partial charge in [-0.1, -0.05) is 23.7 Å². The number of benzene rings is 1. The maximum atomic E-state index is 13.7. The Balaban J connectivity index is 1.96. The number of aromatic amines is 2. The molecule has 3 aromatic heterocycles. The normalized spacial score (nSPS) is 12.0. The number of aromatic nitrogens is 3. The quantitative estimate of drug-likeness (QED) is 0.398. The molecule has 0 spiro atoms. The average Bonchev–Trinajstić information content (AvgIpc) is 3.36. The highest BCUT2D eigenvalue weighted by atomic mass is 35.5. The van der Waals surface area contributed by atoms with Crippen molar-refractivity contribution in [3.05, 3.63) is 71.9 Å². The van der Waals surface area contributed by atoms with Gasteiger partial charge in [0.1, 0.15) is 23.2 Å². The molecule has 0 amide bonds. The van der Waals surface area contributed by atoms with Gasteiger partial charge in [0.05, 0.1) is 16.4 Å². The molecule has 2 N–H and O–H groups in total. The van der Waals surface area contributed by atoms with Crippen molar-refractivity contribution in [3.8, 4) is 28.5 Å². The summed E-state index contributed by atoms with van der Waals surface area (Å²) < 4.78 is 13.7. The highest BCUT2D eigenvalue weighted by Gasteiger charge is 2.17. The molecule has 3 heterocycles. The maximum absolute atomic E-state index is 13.7. The number of hydrogen-bond acceptors (Lipinski definition) is 3. The van der Waals surface area contributed by atoms with Crippen LogP contribution in [0.15, 0.2) is 66.1 Å². The Bertz CT molecular complexity index is 1310. The largest absolute Gasteiger partial charge is 0.359 e. The fraction of sp³-hybridized carbons (Fsp3) is 0.0455. The molecule has 4 aromatic rings. The van der Waals surface area contributed by atoms with E-state index in [1.807, 2.05) is 25.3 Å². The van der Waals surface area contributed by atoms with Gasteiger partial charge in [0.25, 0.3) is 0 Å². The Morgan fingerprint density at radius 1 is 1.24 bits per heavy atom. The Morgan fingerprint density at radius 2 is 2.10 bits per heavy atom. The standard InChI is InChI=1S/C22H15ClFN5/c1-2-3-16(10-25)29-19-12-27-21(15-8-14-6-7-26-22(14)28-11-15)20(19)13-4-5-18(24)17(23)9-13/h2-9,11-12,27H,1H3,(H,26,28)/b3-2-,29-16?. The van der Waals surface area contributed by atoms with E-state index in [2.05, 4.69) is 26.0 Å². The van der Waals surface area contributed by atoms with Crippen LogP contribution >= 0.6 is 11.6 Å².